The molecule has 162 valence electrons. The summed E-state index contributed by atoms with van der Waals surface area (Å²) in [6, 6.07) is 30.8. The third kappa shape index (κ3) is 5.89. The van der Waals surface area contributed by atoms with E-state index in [0.717, 1.165) is 40.5 Å². The lowest BCUT2D eigenvalue weighted by Crippen LogP contribution is -2.34. The summed E-state index contributed by atoms with van der Waals surface area (Å²) in [5.74, 6) is 0.348. The lowest BCUT2D eigenvalue weighted by atomic mass is 10.1. The van der Waals surface area contributed by atoms with E-state index in [2.05, 4.69) is 53.6 Å². The van der Waals surface area contributed by atoms with Crippen molar-refractivity contribution in [3.8, 4) is 22.5 Å². The molecule has 0 aliphatic rings. The molecule has 32 heavy (non-hydrogen) atoms. The number of hydrogen-bond donors (Lipinski definition) is 2. The van der Waals surface area contributed by atoms with E-state index < -0.39 is 0 Å². The molecule has 0 radical (unpaired) electrons. The van der Waals surface area contributed by atoms with Crippen molar-refractivity contribution in [2.75, 3.05) is 5.75 Å². The second kappa shape index (κ2) is 10.8. The van der Waals surface area contributed by atoms with Crippen LogP contribution in [0.5, 0.6) is 0 Å². The third-order valence-electron chi connectivity index (χ3n) is 5.25. The Balaban J connectivity index is 1.39. The maximum atomic E-state index is 12.5. The van der Waals surface area contributed by atoms with E-state index in [9.17, 15) is 4.79 Å². The number of aromatic nitrogens is 2. The number of aromatic amines is 1. The topological polar surface area (TPSA) is 57.8 Å². The molecule has 0 saturated heterocycles. The van der Waals surface area contributed by atoms with Gasteiger partial charge in [0.2, 0.25) is 5.91 Å². The van der Waals surface area contributed by atoms with Crippen molar-refractivity contribution in [1.82, 2.24) is 15.3 Å². The number of rotatable bonds is 9. The van der Waals surface area contributed by atoms with E-state index in [4.69, 9.17) is 4.98 Å². The van der Waals surface area contributed by atoms with Crippen LogP contribution >= 0.6 is 11.8 Å². The van der Waals surface area contributed by atoms with Crippen LogP contribution in [0.15, 0.2) is 96.2 Å². The van der Waals surface area contributed by atoms with E-state index in [1.54, 1.807) is 0 Å². The van der Waals surface area contributed by atoms with Crippen LogP contribution in [0.4, 0.5) is 0 Å². The Morgan fingerprint density at radius 1 is 0.906 bits per heavy atom. The molecule has 1 amide bonds. The largest absolute Gasteiger partial charge is 0.353 e. The van der Waals surface area contributed by atoms with Crippen molar-refractivity contribution in [3.63, 3.8) is 0 Å². The fourth-order valence-electron chi connectivity index (χ4n) is 3.59. The van der Waals surface area contributed by atoms with Gasteiger partial charge in [-0.15, -0.1) is 0 Å². The molecule has 3 aromatic carbocycles. The average Bonchev–Trinajstić information content (AvgIpc) is 3.28. The Kier molecular flexibility index (Phi) is 7.41. The first kappa shape index (κ1) is 21.9. The Bertz CT molecular complexity index is 1070. The molecule has 1 heterocycles. The van der Waals surface area contributed by atoms with Gasteiger partial charge in [-0.1, -0.05) is 103 Å². The number of amides is 1. The minimum absolute atomic E-state index is 0.0227. The Labute approximate surface area is 193 Å². The highest BCUT2D eigenvalue weighted by Crippen LogP contribution is 2.32. The van der Waals surface area contributed by atoms with Gasteiger partial charge < -0.3 is 10.3 Å². The number of carbonyl (C=O) groups is 1. The summed E-state index contributed by atoms with van der Waals surface area (Å²) in [6.45, 7) is 2.05. The van der Waals surface area contributed by atoms with Gasteiger partial charge in [0.1, 0.15) is 0 Å². The summed E-state index contributed by atoms with van der Waals surface area (Å²) < 4.78 is 0. The zero-order chi connectivity index (χ0) is 22.2. The third-order valence-corrected chi connectivity index (χ3v) is 6.12. The van der Waals surface area contributed by atoms with Crippen molar-refractivity contribution >= 4 is 17.7 Å². The molecule has 0 fully saturated rings. The molecule has 1 atom stereocenters. The van der Waals surface area contributed by atoms with Crippen LogP contribution in [-0.2, 0) is 11.2 Å². The molecule has 5 heteroatoms. The molecule has 4 aromatic rings. The summed E-state index contributed by atoms with van der Waals surface area (Å²) in [5, 5.41) is 3.85. The zero-order valence-corrected chi connectivity index (χ0v) is 18.9. The van der Waals surface area contributed by atoms with E-state index in [0.29, 0.717) is 5.75 Å². The van der Waals surface area contributed by atoms with Gasteiger partial charge in [0.15, 0.2) is 5.16 Å². The van der Waals surface area contributed by atoms with Crippen LogP contribution in [0.25, 0.3) is 22.5 Å². The number of aryl methyl sites for hydroxylation is 1. The molecule has 4 rings (SSSR count). The number of hydrogen-bond acceptors (Lipinski definition) is 3. The van der Waals surface area contributed by atoms with Crippen molar-refractivity contribution < 1.29 is 4.79 Å². The van der Waals surface area contributed by atoms with Gasteiger partial charge in [-0.3, -0.25) is 4.79 Å². The number of nitrogens with zero attached hydrogens (tertiary/aromatic N) is 1. The van der Waals surface area contributed by atoms with Crippen molar-refractivity contribution in [2.24, 2.45) is 0 Å². The molecule has 1 unspecified atom stereocenters. The van der Waals surface area contributed by atoms with Crippen LogP contribution < -0.4 is 5.32 Å². The molecule has 1 aromatic heterocycles. The van der Waals surface area contributed by atoms with Crippen molar-refractivity contribution in [1.29, 1.82) is 0 Å². The molecule has 0 spiro atoms. The van der Waals surface area contributed by atoms with E-state index in [1.807, 2.05) is 54.6 Å². The number of thioether (sulfide) groups is 1. The summed E-state index contributed by atoms with van der Waals surface area (Å²) in [5.41, 5.74) is 5.28. The maximum Gasteiger partial charge on any atom is 0.230 e. The molecule has 0 bridgehead atoms. The predicted octanol–water partition coefficient (Wildman–Crippen LogP) is 5.97. The highest BCUT2D eigenvalue weighted by atomic mass is 32.2. The minimum atomic E-state index is 0.0227. The normalized spacial score (nSPS) is 11.8. The number of benzene rings is 3. The molecule has 0 aliphatic heterocycles. The molecule has 0 saturated carbocycles. The lowest BCUT2D eigenvalue weighted by Gasteiger charge is -2.13. The van der Waals surface area contributed by atoms with Crippen LogP contribution in [0, 0.1) is 0 Å². The molecular formula is C27H27N3OS. The standard InChI is InChI=1S/C27H27N3OS/c1-20(17-18-21-11-5-2-6-12-21)28-24(31)19-32-27-29-25(22-13-7-3-8-14-22)26(30-27)23-15-9-4-10-16-23/h2-16,20H,17-19H2,1H3,(H,28,31)(H,29,30). The van der Waals surface area contributed by atoms with Crippen LogP contribution in [0.2, 0.25) is 0 Å². The van der Waals surface area contributed by atoms with E-state index in [-0.39, 0.29) is 11.9 Å². The van der Waals surface area contributed by atoms with Gasteiger partial charge in [-0.05, 0) is 25.3 Å². The highest BCUT2D eigenvalue weighted by Gasteiger charge is 2.16. The monoisotopic (exact) mass is 441 g/mol. The van der Waals surface area contributed by atoms with Crippen LogP contribution in [-0.4, -0.2) is 27.7 Å². The molecular weight excluding hydrogens is 414 g/mol. The van der Waals surface area contributed by atoms with Gasteiger partial charge >= 0.3 is 0 Å². The smallest absolute Gasteiger partial charge is 0.230 e. The van der Waals surface area contributed by atoms with Gasteiger partial charge in [0.25, 0.3) is 0 Å². The van der Waals surface area contributed by atoms with Crippen molar-refractivity contribution in [2.45, 2.75) is 31.0 Å². The summed E-state index contributed by atoms with van der Waals surface area (Å²) in [7, 11) is 0. The first-order valence-corrected chi connectivity index (χ1v) is 11.8. The van der Waals surface area contributed by atoms with E-state index in [1.165, 1.54) is 17.3 Å². The minimum Gasteiger partial charge on any atom is -0.353 e. The average molecular weight is 442 g/mol. The maximum absolute atomic E-state index is 12.5. The fourth-order valence-corrected chi connectivity index (χ4v) is 4.27. The quantitative estimate of drug-likeness (QED) is 0.315. The summed E-state index contributed by atoms with van der Waals surface area (Å²) >= 11 is 1.43. The zero-order valence-electron chi connectivity index (χ0n) is 18.1. The highest BCUT2D eigenvalue weighted by molar-refractivity contribution is 7.99. The molecule has 0 aliphatic carbocycles. The van der Waals surface area contributed by atoms with Gasteiger partial charge in [-0.25, -0.2) is 4.98 Å². The second-order valence-electron chi connectivity index (χ2n) is 7.78. The summed E-state index contributed by atoms with van der Waals surface area (Å²) in [6.07, 6.45) is 1.87. The first-order chi connectivity index (χ1) is 15.7. The predicted molar refractivity (Wildman–Crippen MR) is 133 cm³/mol. The van der Waals surface area contributed by atoms with Crippen LogP contribution in [0.1, 0.15) is 18.9 Å². The molecule has 2 N–H and O–H groups in total. The lowest BCUT2D eigenvalue weighted by molar-refractivity contribution is -0.119. The Morgan fingerprint density at radius 2 is 1.50 bits per heavy atom. The summed E-state index contributed by atoms with van der Waals surface area (Å²) in [4.78, 5) is 20.7. The van der Waals surface area contributed by atoms with Gasteiger partial charge in [0, 0.05) is 17.2 Å². The number of H-pyrrole nitrogens is 1. The molecule has 4 nitrogen and oxygen atoms in total. The Hall–Kier alpha value is -3.31. The fraction of sp³-hybridized carbons (Fsp3) is 0.185. The van der Waals surface area contributed by atoms with E-state index >= 15 is 0 Å². The second-order valence-corrected chi connectivity index (χ2v) is 8.74. The number of imidazole rings is 1. The number of nitrogens with one attached hydrogen (secondary N) is 2. The van der Waals surface area contributed by atoms with Crippen LogP contribution in [0.3, 0.4) is 0 Å². The van der Waals surface area contributed by atoms with Crippen molar-refractivity contribution in [3.05, 3.63) is 96.6 Å². The first-order valence-electron chi connectivity index (χ1n) is 10.9. The van der Waals surface area contributed by atoms with Gasteiger partial charge in [0.05, 0.1) is 17.1 Å². The SMILES string of the molecule is CC(CCc1ccccc1)NC(=O)CSc1nc(-c2ccccc2)c(-c2ccccc2)[nH]1. The Morgan fingerprint density at radius 3 is 2.16 bits per heavy atom. The number of carbonyl (C=O) groups excluding carboxylic acids is 1. The van der Waals surface area contributed by atoms with Gasteiger partial charge in [-0.2, -0.15) is 0 Å².